The third kappa shape index (κ3) is 2.17. The lowest BCUT2D eigenvalue weighted by molar-refractivity contribution is 0.840. The Kier molecular flexibility index (Phi) is 3.01. The average molecular weight is 323 g/mol. The predicted octanol–water partition coefficient (Wildman–Crippen LogP) is 4.82. The van der Waals surface area contributed by atoms with Crippen LogP contribution in [0.15, 0.2) is 83.9 Å². The summed E-state index contributed by atoms with van der Waals surface area (Å²) in [6.07, 6.45) is -0.203. The first-order chi connectivity index (χ1) is 12.3. The molecule has 1 heterocycles. The van der Waals surface area contributed by atoms with E-state index in [0.29, 0.717) is 5.84 Å². The lowest BCUT2D eigenvalue weighted by Gasteiger charge is -2.26. The first-order valence-corrected chi connectivity index (χ1v) is 8.41. The highest BCUT2D eigenvalue weighted by atomic mass is 15.1. The molecule has 25 heavy (non-hydrogen) atoms. The molecule has 0 saturated heterocycles. The molecule has 1 aliphatic heterocycles. The Morgan fingerprint density at radius 3 is 2.08 bits per heavy atom. The van der Waals surface area contributed by atoms with Crippen LogP contribution in [0, 0.1) is 0 Å². The summed E-state index contributed by atoms with van der Waals surface area (Å²) in [5.41, 5.74) is 9.43. The van der Waals surface area contributed by atoms with Gasteiger partial charge in [0.2, 0.25) is 0 Å². The van der Waals surface area contributed by atoms with Gasteiger partial charge in [0.15, 0.2) is 0 Å². The highest BCUT2D eigenvalue weighted by molar-refractivity contribution is 6.06. The largest absolute Gasteiger partial charge is 0.383 e. The highest BCUT2D eigenvalue weighted by Crippen LogP contribution is 2.37. The lowest BCUT2D eigenvalue weighted by Crippen LogP contribution is -2.25. The molecule has 0 aromatic heterocycles. The number of nitrogens with one attached hydrogen (secondary N) is 1. The number of anilines is 1. The molecule has 1 aliphatic rings. The standard InChI is InChI=1S/C22H17N3/c23-21-18-11-5-6-12-19(18)24-22(25-21)20-16-9-3-1-7-14(16)13-15-8-2-4-10-17(15)20/h1-13,22,24H,(H2,23,25). The van der Waals surface area contributed by atoms with Crippen molar-refractivity contribution < 1.29 is 0 Å². The zero-order valence-electron chi connectivity index (χ0n) is 13.6. The molecule has 0 bridgehead atoms. The van der Waals surface area contributed by atoms with Gasteiger partial charge >= 0.3 is 0 Å². The number of amidine groups is 1. The Balaban J connectivity index is 1.81. The number of fused-ring (bicyclic) bond motifs is 3. The molecule has 3 N–H and O–H groups in total. The van der Waals surface area contributed by atoms with Crippen LogP contribution >= 0.6 is 0 Å². The molecule has 120 valence electrons. The van der Waals surface area contributed by atoms with Crippen LogP contribution in [-0.2, 0) is 0 Å². The monoisotopic (exact) mass is 323 g/mol. The maximum absolute atomic E-state index is 6.27. The van der Waals surface area contributed by atoms with E-state index >= 15 is 0 Å². The van der Waals surface area contributed by atoms with Crippen molar-refractivity contribution in [2.24, 2.45) is 10.7 Å². The van der Waals surface area contributed by atoms with Crippen LogP contribution < -0.4 is 11.1 Å². The third-order valence-corrected chi connectivity index (χ3v) is 4.85. The molecule has 0 radical (unpaired) electrons. The minimum atomic E-state index is -0.203. The van der Waals surface area contributed by atoms with Crippen molar-refractivity contribution in [1.82, 2.24) is 0 Å². The number of rotatable bonds is 1. The van der Waals surface area contributed by atoms with E-state index in [-0.39, 0.29) is 6.17 Å². The molecule has 4 aromatic rings. The highest BCUT2D eigenvalue weighted by Gasteiger charge is 2.23. The molecule has 1 unspecified atom stereocenters. The van der Waals surface area contributed by atoms with Gasteiger partial charge in [-0.1, -0.05) is 60.7 Å². The van der Waals surface area contributed by atoms with Gasteiger partial charge in [-0.05, 0) is 39.7 Å². The van der Waals surface area contributed by atoms with E-state index in [9.17, 15) is 0 Å². The van der Waals surface area contributed by atoms with Gasteiger partial charge in [-0.3, -0.25) is 0 Å². The SMILES string of the molecule is NC1=NC(c2c3ccccc3cc3ccccc23)Nc2ccccc21. The summed E-state index contributed by atoms with van der Waals surface area (Å²) >= 11 is 0. The second-order valence-electron chi connectivity index (χ2n) is 6.34. The smallest absolute Gasteiger partial charge is 0.148 e. The van der Waals surface area contributed by atoms with Gasteiger partial charge in [0, 0.05) is 16.8 Å². The molecule has 0 aliphatic carbocycles. The van der Waals surface area contributed by atoms with E-state index in [2.05, 4.69) is 66.0 Å². The quantitative estimate of drug-likeness (QED) is 0.493. The molecule has 1 atom stereocenters. The molecule has 5 rings (SSSR count). The first kappa shape index (κ1) is 14.1. The molecule has 4 aromatic carbocycles. The van der Waals surface area contributed by atoms with Gasteiger partial charge in [-0.2, -0.15) is 0 Å². The van der Waals surface area contributed by atoms with Crippen molar-refractivity contribution in [2.45, 2.75) is 6.17 Å². The Morgan fingerprint density at radius 1 is 0.760 bits per heavy atom. The summed E-state index contributed by atoms with van der Waals surface area (Å²) in [6.45, 7) is 0. The molecule has 3 nitrogen and oxygen atoms in total. The summed E-state index contributed by atoms with van der Waals surface area (Å²) in [5.74, 6) is 0.580. The van der Waals surface area contributed by atoms with Crippen LogP contribution in [0.1, 0.15) is 17.3 Å². The summed E-state index contributed by atoms with van der Waals surface area (Å²) in [4.78, 5) is 4.78. The molecule has 0 amide bonds. The number of hydrogen-bond donors (Lipinski definition) is 2. The zero-order chi connectivity index (χ0) is 16.8. The summed E-state index contributed by atoms with van der Waals surface area (Å²) in [5, 5.41) is 8.39. The van der Waals surface area contributed by atoms with Crippen molar-refractivity contribution in [3.05, 3.63) is 90.0 Å². The van der Waals surface area contributed by atoms with Gasteiger partial charge in [-0.25, -0.2) is 4.99 Å². The summed E-state index contributed by atoms with van der Waals surface area (Å²) < 4.78 is 0. The van der Waals surface area contributed by atoms with Gasteiger partial charge in [-0.15, -0.1) is 0 Å². The van der Waals surface area contributed by atoms with Crippen LogP contribution in [0.5, 0.6) is 0 Å². The van der Waals surface area contributed by atoms with Crippen LogP contribution in [-0.4, -0.2) is 5.84 Å². The van der Waals surface area contributed by atoms with Crippen molar-refractivity contribution in [2.75, 3.05) is 5.32 Å². The van der Waals surface area contributed by atoms with Crippen LogP contribution in [0.2, 0.25) is 0 Å². The lowest BCUT2D eigenvalue weighted by atomic mass is 9.94. The molecular formula is C22H17N3. The molecule has 0 spiro atoms. The molecule has 0 fully saturated rings. The topological polar surface area (TPSA) is 50.4 Å². The van der Waals surface area contributed by atoms with E-state index in [1.807, 2.05) is 18.2 Å². The van der Waals surface area contributed by atoms with Gasteiger partial charge in [0.05, 0.1) is 0 Å². The minimum absolute atomic E-state index is 0.203. The van der Waals surface area contributed by atoms with E-state index in [1.165, 1.54) is 27.1 Å². The Bertz CT molecular complexity index is 1090. The van der Waals surface area contributed by atoms with Crippen LogP contribution in [0.3, 0.4) is 0 Å². The van der Waals surface area contributed by atoms with E-state index < -0.39 is 0 Å². The van der Waals surface area contributed by atoms with E-state index in [1.54, 1.807) is 0 Å². The average Bonchev–Trinajstić information content (AvgIpc) is 2.66. The first-order valence-electron chi connectivity index (χ1n) is 8.41. The third-order valence-electron chi connectivity index (χ3n) is 4.85. The number of nitrogens with two attached hydrogens (primary N) is 1. The fourth-order valence-electron chi connectivity index (χ4n) is 3.70. The van der Waals surface area contributed by atoms with Crippen molar-refractivity contribution in [1.29, 1.82) is 0 Å². The van der Waals surface area contributed by atoms with Crippen molar-refractivity contribution in [3.63, 3.8) is 0 Å². The van der Waals surface area contributed by atoms with E-state index in [0.717, 1.165) is 11.3 Å². The van der Waals surface area contributed by atoms with Crippen LogP contribution in [0.25, 0.3) is 21.5 Å². The number of aliphatic imine (C=N–C) groups is 1. The maximum atomic E-state index is 6.27. The fourth-order valence-corrected chi connectivity index (χ4v) is 3.70. The molecular weight excluding hydrogens is 306 g/mol. The van der Waals surface area contributed by atoms with E-state index in [4.69, 9.17) is 10.7 Å². The Labute approximate surface area is 145 Å². The van der Waals surface area contributed by atoms with Gasteiger partial charge in [0.1, 0.15) is 12.0 Å². The van der Waals surface area contributed by atoms with Crippen molar-refractivity contribution >= 4 is 33.1 Å². The fraction of sp³-hybridized carbons (Fsp3) is 0.0455. The predicted molar refractivity (Wildman–Crippen MR) is 105 cm³/mol. The molecule has 3 heteroatoms. The Hall–Kier alpha value is -3.33. The Morgan fingerprint density at radius 2 is 1.36 bits per heavy atom. The summed E-state index contributed by atoms with van der Waals surface area (Å²) in [6, 6.07) is 27.2. The van der Waals surface area contributed by atoms with Gasteiger partial charge in [0.25, 0.3) is 0 Å². The maximum Gasteiger partial charge on any atom is 0.148 e. The number of nitrogens with zero attached hydrogens (tertiary/aromatic N) is 1. The minimum Gasteiger partial charge on any atom is -0.383 e. The van der Waals surface area contributed by atoms with Crippen LogP contribution in [0.4, 0.5) is 5.69 Å². The van der Waals surface area contributed by atoms with Gasteiger partial charge < -0.3 is 11.1 Å². The second-order valence-corrected chi connectivity index (χ2v) is 6.34. The number of benzene rings is 4. The summed E-state index contributed by atoms with van der Waals surface area (Å²) in [7, 11) is 0. The van der Waals surface area contributed by atoms with Crippen molar-refractivity contribution in [3.8, 4) is 0 Å². The normalized spacial score (nSPS) is 16.3. The second kappa shape index (κ2) is 5.35. The zero-order valence-corrected chi connectivity index (χ0v) is 13.6. The number of para-hydroxylation sites is 1. The molecule has 0 saturated carbocycles. The number of hydrogen-bond acceptors (Lipinski definition) is 3.